The minimum atomic E-state index is -1.28. The van der Waals surface area contributed by atoms with Crippen molar-refractivity contribution in [2.24, 2.45) is 5.41 Å². The fraction of sp³-hybridized carbons (Fsp3) is 0.600. The lowest BCUT2D eigenvalue weighted by Crippen LogP contribution is -2.65. The minimum absolute atomic E-state index is 0.319. The van der Waals surface area contributed by atoms with E-state index < -0.39 is 29.1 Å². The number of rotatable bonds is 7. The highest BCUT2D eigenvalue weighted by Crippen LogP contribution is 2.40. The van der Waals surface area contributed by atoms with E-state index >= 15 is 0 Å². The molecule has 142 valence electrons. The molecule has 0 radical (unpaired) electrons. The lowest BCUT2D eigenvalue weighted by molar-refractivity contribution is -0.858. The first-order chi connectivity index (χ1) is 12.2. The van der Waals surface area contributed by atoms with Crippen molar-refractivity contribution in [2.75, 3.05) is 13.1 Å². The largest absolute Gasteiger partial charge is 0.544 e. The summed E-state index contributed by atoms with van der Waals surface area (Å²) in [5.41, 5.74) is -0.0355. The lowest BCUT2D eigenvalue weighted by atomic mass is 9.83. The summed E-state index contributed by atoms with van der Waals surface area (Å²) >= 11 is 0. The number of pyridine rings is 1. The van der Waals surface area contributed by atoms with Crippen LogP contribution in [0.15, 0.2) is 24.5 Å². The number of nitrogens with zero attached hydrogens (tertiary/aromatic N) is 2. The highest BCUT2D eigenvalue weighted by molar-refractivity contribution is 6.35. The van der Waals surface area contributed by atoms with Gasteiger partial charge in [0.1, 0.15) is 12.0 Å². The van der Waals surface area contributed by atoms with Gasteiger partial charge in [-0.1, -0.05) is 33.8 Å². The van der Waals surface area contributed by atoms with Crippen LogP contribution in [0.2, 0.25) is 0 Å². The van der Waals surface area contributed by atoms with Gasteiger partial charge in [0.25, 0.3) is 5.78 Å². The van der Waals surface area contributed by atoms with Crippen LogP contribution in [0.25, 0.3) is 0 Å². The third kappa shape index (κ3) is 3.43. The van der Waals surface area contributed by atoms with Gasteiger partial charge in [0.2, 0.25) is 0 Å². The fourth-order valence-corrected chi connectivity index (χ4v) is 3.95. The second-order valence-electron chi connectivity index (χ2n) is 7.80. The first kappa shape index (κ1) is 20.2. The second-order valence-corrected chi connectivity index (χ2v) is 7.80. The predicted molar refractivity (Wildman–Crippen MR) is 94.8 cm³/mol. The zero-order chi connectivity index (χ0) is 19.5. The van der Waals surface area contributed by atoms with Gasteiger partial charge in [-0.15, -0.1) is 0 Å². The Bertz CT molecular complexity index is 686. The maximum atomic E-state index is 13.3. The molecule has 1 fully saturated rings. The molecular weight excluding hydrogens is 332 g/mol. The highest BCUT2D eigenvalue weighted by atomic mass is 16.4. The molecule has 2 unspecified atom stereocenters. The molecule has 0 saturated carbocycles. The Hall–Kier alpha value is -2.08. The molecule has 3 atom stereocenters. The molecule has 0 aromatic carbocycles. The summed E-state index contributed by atoms with van der Waals surface area (Å²) in [5, 5.41) is 12.1. The molecule has 0 bridgehead atoms. The predicted octanol–water partition coefficient (Wildman–Crippen LogP) is 1.45. The van der Waals surface area contributed by atoms with Crippen LogP contribution >= 0.6 is 0 Å². The number of hydrogen-bond acceptors (Lipinski definition) is 5. The van der Waals surface area contributed by atoms with Gasteiger partial charge in [-0.3, -0.25) is 9.78 Å². The van der Waals surface area contributed by atoms with Crippen molar-refractivity contribution in [2.45, 2.75) is 58.9 Å². The van der Waals surface area contributed by atoms with Crippen LogP contribution in [-0.2, 0) is 14.4 Å². The fourth-order valence-electron chi connectivity index (χ4n) is 3.95. The van der Waals surface area contributed by atoms with E-state index in [-0.39, 0.29) is 10.4 Å². The van der Waals surface area contributed by atoms with E-state index in [0.717, 1.165) is 5.56 Å². The number of amides is 1. The topological polar surface area (TPSA) is 87.2 Å². The van der Waals surface area contributed by atoms with Crippen LogP contribution in [0.5, 0.6) is 0 Å². The number of aromatic nitrogens is 1. The molecular formula is C20H28N2O4. The SMILES string of the molecule is CCC[N+]1(C(=O)C(=O)C(C)(C)CC)CCC(c2cccnc2)[C@H]1C(=O)[O-]. The van der Waals surface area contributed by atoms with Crippen LogP contribution in [-0.4, -0.2) is 46.3 Å². The number of carbonyl (C=O) groups is 3. The zero-order valence-corrected chi connectivity index (χ0v) is 16.0. The Balaban J connectivity index is 2.50. The van der Waals surface area contributed by atoms with E-state index in [0.29, 0.717) is 32.4 Å². The lowest BCUT2D eigenvalue weighted by Gasteiger charge is -2.40. The highest BCUT2D eigenvalue weighted by Gasteiger charge is 2.57. The number of carboxylic acid groups (broad SMARTS) is 1. The quantitative estimate of drug-likeness (QED) is 0.542. The maximum absolute atomic E-state index is 13.3. The number of aliphatic carboxylic acids is 1. The van der Waals surface area contributed by atoms with Crippen molar-refractivity contribution < 1.29 is 24.0 Å². The van der Waals surface area contributed by atoms with Crippen LogP contribution in [0.3, 0.4) is 0 Å². The Morgan fingerprint density at radius 2 is 2.00 bits per heavy atom. The Morgan fingerprint density at radius 1 is 1.31 bits per heavy atom. The number of carboxylic acids is 1. The number of Topliss-reactive ketones (excluding diaryl/α,β-unsaturated/α-hetero) is 1. The summed E-state index contributed by atoms with van der Waals surface area (Å²) in [5.74, 6) is -2.76. The molecule has 6 nitrogen and oxygen atoms in total. The van der Waals surface area contributed by atoms with E-state index in [1.54, 1.807) is 32.3 Å². The first-order valence-corrected chi connectivity index (χ1v) is 9.28. The molecule has 1 saturated heterocycles. The second kappa shape index (κ2) is 7.66. The zero-order valence-electron chi connectivity index (χ0n) is 16.0. The Labute approximate surface area is 154 Å². The van der Waals surface area contributed by atoms with Crippen molar-refractivity contribution in [1.29, 1.82) is 0 Å². The van der Waals surface area contributed by atoms with E-state index in [4.69, 9.17) is 0 Å². The normalized spacial score (nSPS) is 25.8. The van der Waals surface area contributed by atoms with E-state index in [1.807, 2.05) is 19.9 Å². The van der Waals surface area contributed by atoms with Gasteiger partial charge >= 0.3 is 5.91 Å². The average Bonchev–Trinajstić information content (AvgIpc) is 3.02. The van der Waals surface area contributed by atoms with Crippen molar-refractivity contribution in [3.63, 3.8) is 0 Å². The van der Waals surface area contributed by atoms with Gasteiger partial charge in [0, 0.05) is 30.1 Å². The van der Waals surface area contributed by atoms with E-state index in [1.165, 1.54) is 0 Å². The van der Waals surface area contributed by atoms with Crippen molar-refractivity contribution in [3.8, 4) is 0 Å². The number of ketones is 1. The molecule has 0 aliphatic carbocycles. The molecule has 6 heteroatoms. The van der Waals surface area contributed by atoms with E-state index in [9.17, 15) is 19.5 Å². The van der Waals surface area contributed by atoms with Gasteiger partial charge < -0.3 is 9.90 Å². The molecule has 1 aromatic rings. The molecule has 2 heterocycles. The van der Waals surface area contributed by atoms with Gasteiger partial charge in [0.05, 0.1) is 13.1 Å². The minimum Gasteiger partial charge on any atom is -0.544 e. The summed E-state index contributed by atoms with van der Waals surface area (Å²) in [4.78, 5) is 42.3. The smallest absolute Gasteiger partial charge is 0.382 e. The van der Waals surface area contributed by atoms with Gasteiger partial charge in [0.15, 0.2) is 0 Å². The number of hydrogen-bond donors (Lipinski definition) is 0. The summed E-state index contributed by atoms with van der Waals surface area (Å²) in [6.45, 7) is 7.87. The third-order valence-corrected chi connectivity index (χ3v) is 5.83. The molecule has 26 heavy (non-hydrogen) atoms. The third-order valence-electron chi connectivity index (χ3n) is 5.83. The Morgan fingerprint density at radius 3 is 2.50 bits per heavy atom. The average molecular weight is 360 g/mol. The summed E-state index contributed by atoms with van der Waals surface area (Å²) in [7, 11) is 0. The molecule has 0 spiro atoms. The monoisotopic (exact) mass is 360 g/mol. The summed E-state index contributed by atoms with van der Waals surface area (Å²) < 4.78 is -0.347. The number of carbonyl (C=O) groups excluding carboxylic acids is 3. The molecule has 1 aliphatic rings. The van der Waals surface area contributed by atoms with Crippen molar-refractivity contribution >= 4 is 17.7 Å². The Kier molecular flexibility index (Phi) is 5.96. The number of likely N-dealkylation sites (tertiary alicyclic amines) is 1. The van der Waals surface area contributed by atoms with Crippen molar-refractivity contribution in [3.05, 3.63) is 30.1 Å². The van der Waals surface area contributed by atoms with Crippen LogP contribution < -0.4 is 5.11 Å². The molecule has 2 rings (SSSR count). The molecule has 0 N–H and O–H groups in total. The molecule has 1 aromatic heterocycles. The van der Waals surface area contributed by atoms with Gasteiger partial charge in [-0.25, -0.2) is 9.28 Å². The van der Waals surface area contributed by atoms with Crippen LogP contribution in [0.4, 0.5) is 0 Å². The van der Waals surface area contributed by atoms with E-state index in [2.05, 4.69) is 4.98 Å². The summed E-state index contributed by atoms with van der Waals surface area (Å²) in [6, 6.07) is 2.51. The van der Waals surface area contributed by atoms with Crippen LogP contribution in [0.1, 0.15) is 58.4 Å². The van der Waals surface area contributed by atoms with Crippen molar-refractivity contribution in [1.82, 2.24) is 4.98 Å². The van der Waals surface area contributed by atoms with Gasteiger partial charge in [-0.2, -0.15) is 0 Å². The molecule has 1 amide bonds. The first-order valence-electron chi connectivity index (χ1n) is 9.28. The van der Waals surface area contributed by atoms with Crippen LogP contribution in [0, 0.1) is 5.41 Å². The number of quaternary nitrogens is 1. The standard InChI is InChI=1S/C20H28N2O4/c1-5-11-22(18(24)17(23)20(3,4)6-2)12-9-15(16(22)19(25)26)14-8-7-10-21-13-14/h7-8,10,13,15-16H,5-6,9,11-12H2,1-4H3/t15?,16-,22?/m0/s1. The molecule has 1 aliphatic heterocycles. The summed E-state index contributed by atoms with van der Waals surface area (Å²) in [6.07, 6.45) is 4.89. The maximum Gasteiger partial charge on any atom is 0.382 e. The van der Waals surface area contributed by atoms with Gasteiger partial charge in [-0.05, 0) is 24.5 Å².